The van der Waals surface area contributed by atoms with Crippen LogP contribution < -0.4 is 10.6 Å². The Kier molecular flexibility index (Phi) is 5.75. The van der Waals surface area contributed by atoms with Crippen molar-refractivity contribution in [2.45, 2.75) is 13.3 Å². The number of imide groups is 1. The molecule has 7 nitrogen and oxygen atoms in total. The zero-order valence-electron chi connectivity index (χ0n) is 17.1. The van der Waals surface area contributed by atoms with Gasteiger partial charge in [0.2, 0.25) is 11.8 Å². The van der Waals surface area contributed by atoms with Gasteiger partial charge in [-0.05, 0) is 30.2 Å². The van der Waals surface area contributed by atoms with Crippen LogP contribution in [-0.4, -0.2) is 40.8 Å². The van der Waals surface area contributed by atoms with Crippen molar-refractivity contribution in [3.63, 3.8) is 0 Å². The van der Waals surface area contributed by atoms with Gasteiger partial charge in [0.15, 0.2) is 0 Å². The van der Waals surface area contributed by atoms with E-state index < -0.39 is 6.03 Å². The number of anilines is 1. The van der Waals surface area contributed by atoms with E-state index in [0.717, 1.165) is 27.9 Å². The molecular formula is C24H22N4O3. The summed E-state index contributed by atoms with van der Waals surface area (Å²) in [6.07, 6.45) is 0.179. The fourth-order valence-electron chi connectivity index (χ4n) is 3.37. The Morgan fingerprint density at radius 2 is 1.74 bits per heavy atom. The third kappa shape index (κ3) is 4.95. The Morgan fingerprint density at radius 1 is 1.00 bits per heavy atom. The first-order valence-corrected chi connectivity index (χ1v) is 10.0. The first-order chi connectivity index (χ1) is 15.0. The second-order valence-electron chi connectivity index (χ2n) is 7.43. The van der Waals surface area contributed by atoms with Crippen LogP contribution in [-0.2, 0) is 9.59 Å². The number of aryl methyl sites for hydroxylation is 1. The molecule has 2 heterocycles. The second kappa shape index (κ2) is 8.79. The van der Waals surface area contributed by atoms with Crippen LogP contribution in [0.15, 0.2) is 66.7 Å². The normalized spacial score (nSPS) is 13.6. The minimum atomic E-state index is -0.558. The highest BCUT2D eigenvalue weighted by Gasteiger charge is 2.24. The van der Waals surface area contributed by atoms with E-state index in [1.54, 1.807) is 0 Å². The number of rotatable bonds is 5. The molecule has 0 bridgehead atoms. The Bertz CT molecular complexity index is 1130. The van der Waals surface area contributed by atoms with Crippen LogP contribution in [0.3, 0.4) is 0 Å². The molecule has 2 N–H and O–H groups in total. The van der Waals surface area contributed by atoms with E-state index in [1.807, 2.05) is 73.7 Å². The summed E-state index contributed by atoms with van der Waals surface area (Å²) in [5, 5.41) is 5.01. The van der Waals surface area contributed by atoms with E-state index in [2.05, 4.69) is 15.6 Å². The number of urea groups is 1. The summed E-state index contributed by atoms with van der Waals surface area (Å²) >= 11 is 0. The molecule has 0 radical (unpaired) electrons. The summed E-state index contributed by atoms with van der Waals surface area (Å²) in [7, 11) is 0. The van der Waals surface area contributed by atoms with Gasteiger partial charge >= 0.3 is 6.03 Å². The lowest BCUT2D eigenvalue weighted by Gasteiger charge is -2.25. The van der Waals surface area contributed by atoms with E-state index in [1.165, 1.54) is 4.90 Å². The van der Waals surface area contributed by atoms with Crippen molar-refractivity contribution >= 4 is 23.7 Å². The number of hydrogen-bond donors (Lipinski definition) is 2. The van der Waals surface area contributed by atoms with Crippen molar-refractivity contribution in [1.29, 1.82) is 0 Å². The summed E-state index contributed by atoms with van der Waals surface area (Å²) < 4.78 is 0. The van der Waals surface area contributed by atoms with Gasteiger partial charge in [0.05, 0.1) is 5.69 Å². The minimum Gasteiger partial charge on any atom is -0.315 e. The van der Waals surface area contributed by atoms with Crippen molar-refractivity contribution in [1.82, 2.24) is 15.2 Å². The lowest BCUT2D eigenvalue weighted by atomic mass is 10.0. The van der Waals surface area contributed by atoms with Crippen molar-refractivity contribution in [3.05, 3.63) is 72.3 Å². The van der Waals surface area contributed by atoms with Gasteiger partial charge in [-0.15, -0.1) is 0 Å². The molecule has 156 valence electrons. The maximum absolute atomic E-state index is 12.6. The van der Waals surface area contributed by atoms with E-state index in [0.29, 0.717) is 5.82 Å². The molecule has 7 heteroatoms. The summed E-state index contributed by atoms with van der Waals surface area (Å²) in [5.74, 6) is -0.311. The Morgan fingerprint density at radius 3 is 2.45 bits per heavy atom. The van der Waals surface area contributed by atoms with Crippen LogP contribution in [0.4, 0.5) is 10.6 Å². The topological polar surface area (TPSA) is 91.4 Å². The lowest BCUT2D eigenvalue weighted by Crippen LogP contribution is -2.51. The lowest BCUT2D eigenvalue weighted by molar-refractivity contribution is -0.123. The molecule has 0 spiro atoms. The third-order valence-electron chi connectivity index (χ3n) is 5.02. The van der Waals surface area contributed by atoms with Gasteiger partial charge in [0.1, 0.15) is 12.4 Å². The molecule has 31 heavy (non-hydrogen) atoms. The Hall–Kier alpha value is -4.00. The average Bonchev–Trinajstić information content (AvgIpc) is 2.76. The predicted octanol–water partition coefficient (Wildman–Crippen LogP) is 3.60. The maximum atomic E-state index is 12.6. The third-order valence-corrected chi connectivity index (χ3v) is 5.02. The largest absolute Gasteiger partial charge is 0.324 e. The highest BCUT2D eigenvalue weighted by atomic mass is 16.2. The number of pyridine rings is 1. The highest BCUT2D eigenvalue weighted by Crippen LogP contribution is 2.28. The van der Waals surface area contributed by atoms with Crippen molar-refractivity contribution < 1.29 is 14.4 Å². The smallest absolute Gasteiger partial charge is 0.315 e. The number of nitrogens with zero attached hydrogens (tertiary/aromatic N) is 2. The van der Waals surface area contributed by atoms with Crippen LogP contribution in [0.5, 0.6) is 0 Å². The van der Waals surface area contributed by atoms with Gasteiger partial charge < -0.3 is 10.2 Å². The van der Waals surface area contributed by atoms with E-state index >= 15 is 0 Å². The summed E-state index contributed by atoms with van der Waals surface area (Å²) in [4.78, 5) is 41.7. The van der Waals surface area contributed by atoms with Gasteiger partial charge in [-0.3, -0.25) is 14.9 Å². The van der Waals surface area contributed by atoms with Crippen molar-refractivity contribution in [3.8, 4) is 22.4 Å². The zero-order valence-corrected chi connectivity index (χ0v) is 17.1. The molecule has 0 atom stereocenters. The number of benzene rings is 2. The molecule has 1 fully saturated rings. The Labute approximate surface area is 180 Å². The van der Waals surface area contributed by atoms with Crippen LogP contribution in [0.1, 0.15) is 12.0 Å². The number of nitrogens with one attached hydrogen (secondary N) is 2. The van der Waals surface area contributed by atoms with E-state index in [4.69, 9.17) is 0 Å². The van der Waals surface area contributed by atoms with Gasteiger partial charge in [0, 0.05) is 18.5 Å². The predicted molar refractivity (Wildman–Crippen MR) is 118 cm³/mol. The van der Waals surface area contributed by atoms with E-state index in [-0.39, 0.29) is 31.3 Å². The number of amides is 4. The first kappa shape index (κ1) is 20.3. The fourth-order valence-corrected chi connectivity index (χ4v) is 3.37. The monoisotopic (exact) mass is 414 g/mol. The molecule has 2 aromatic carbocycles. The summed E-state index contributed by atoms with van der Waals surface area (Å²) in [5.41, 5.74) is 4.75. The fraction of sp³-hybridized carbons (Fsp3) is 0.167. The molecule has 3 aromatic rings. The molecule has 4 amide bonds. The number of carbonyl (C=O) groups excluding carboxylic acids is 3. The minimum absolute atomic E-state index is 0.157. The van der Waals surface area contributed by atoms with Crippen LogP contribution >= 0.6 is 0 Å². The molecular weight excluding hydrogens is 392 g/mol. The number of aromatic nitrogens is 1. The molecule has 0 aliphatic carbocycles. The molecule has 1 aromatic heterocycles. The molecule has 1 saturated heterocycles. The van der Waals surface area contributed by atoms with Gasteiger partial charge in [-0.25, -0.2) is 9.78 Å². The molecule has 1 aliphatic rings. The summed E-state index contributed by atoms with van der Waals surface area (Å²) in [6.45, 7) is 2.09. The quantitative estimate of drug-likeness (QED) is 0.667. The molecule has 0 saturated carbocycles. The first-order valence-electron chi connectivity index (χ1n) is 10.0. The highest BCUT2D eigenvalue weighted by molar-refractivity contribution is 6.00. The Balaban J connectivity index is 1.61. The van der Waals surface area contributed by atoms with Gasteiger partial charge in [-0.1, -0.05) is 60.2 Å². The van der Waals surface area contributed by atoms with Crippen LogP contribution in [0.25, 0.3) is 22.4 Å². The standard InChI is InChI=1S/C24H22N4O3/c1-16-7-9-17(10-8-16)19-13-20(18-5-3-2-4-6-18)25-21(14-19)26-23(30)15-28-12-11-22(29)27-24(28)31/h2-10,13-14H,11-12,15H2,1H3,(H,25,26,30)(H,27,29,31). The van der Waals surface area contributed by atoms with Gasteiger partial charge in [-0.2, -0.15) is 0 Å². The number of carbonyl (C=O) groups is 3. The van der Waals surface area contributed by atoms with E-state index in [9.17, 15) is 14.4 Å². The van der Waals surface area contributed by atoms with Crippen LogP contribution in [0, 0.1) is 6.92 Å². The SMILES string of the molecule is Cc1ccc(-c2cc(NC(=O)CN3CCC(=O)NC3=O)nc(-c3ccccc3)c2)cc1. The zero-order chi connectivity index (χ0) is 21.8. The summed E-state index contributed by atoms with van der Waals surface area (Å²) in [6, 6.07) is 21.1. The second-order valence-corrected chi connectivity index (χ2v) is 7.43. The van der Waals surface area contributed by atoms with Crippen molar-refractivity contribution in [2.24, 2.45) is 0 Å². The van der Waals surface area contributed by atoms with Gasteiger partial charge in [0.25, 0.3) is 0 Å². The maximum Gasteiger partial charge on any atom is 0.324 e. The molecule has 1 aliphatic heterocycles. The molecule has 4 rings (SSSR count). The molecule has 0 unspecified atom stereocenters. The average molecular weight is 414 g/mol. The number of hydrogen-bond acceptors (Lipinski definition) is 4. The van der Waals surface area contributed by atoms with Crippen molar-refractivity contribution in [2.75, 3.05) is 18.4 Å². The van der Waals surface area contributed by atoms with Crippen LogP contribution in [0.2, 0.25) is 0 Å².